The van der Waals surface area contributed by atoms with Gasteiger partial charge in [0.05, 0.1) is 25.4 Å². The number of rotatable bonds is 4. The molecular weight excluding hydrogens is 198 g/mol. The molecule has 5 nitrogen and oxygen atoms in total. The Labute approximate surface area is 89.8 Å². The Morgan fingerprint density at radius 1 is 1.60 bits per heavy atom. The van der Waals surface area contributed by atoms with E-state index >= 15 is 0 Å². The fourth-order valence-corrected chi connectivity index (χ4v) is 1.16. The predicted octanol–water partition coefficient (Wildman–Crippen LogP) is -0.321. The maximum Gasteiger partial charge on any atom is 0.251 e. The molecule has 2 unspecified atom stereocenters. The lowest BCUT2D eigenvalue weighted by Crippen LogP contribution is -2.47. The minimum Gasteiger partial charge on any atom is -0.388 e. The fourth-order valence-electron chi connectivity index (χ4n) is 1.16. The first-order chi connectivity index (χ1) is 7.05. The standard InChI is InChI=1S/C10H19NO4/c1-3-10(2,13)7-11-9(12)8-6-14-4-5-15-8/h8,13H,3-7H2,1-2H3,(H,11,12). The van der Waals surface area contributed by atoms with E-state index < -0.39 is 11.7 Å². The van der Waals surface area contributed by atoms with Crippen LogP contribution in [0, 0.1) is 0 Å². The molecule has 15 heavy (non-hydrogen) atoms. The second-order valence-electron chi connectivity index (χ2n) is 4.00. The molecule has 0 aromatic rings. The summed E-state index contributed by atoms with van der Waals surface area (Å²) in [5.41, 5.74) is -0.856. The van der Waals surface area contributed by atoms with E-state index in [1.54, 1.807) is 6.92 Å². The van der Waals surface area contributed by atoms with Crippen molar-refractivity contribution in [2.24, 2.45) is 0 Å². The number of amides is 1. The lowest BCUT2D eigenvalue weighted by molar-refractivity contribution is -0.148. The van der Waals surface area contributed by atoms with Crippen LogP contribution in [0.25, 0.3) is 0 Å². The van der Waals surface area contributed by atoms with Gasteiger partial charge in [-0.15, -0.1) is 0 Å². The third-order valence-corrected chi connectivity index (χ3v) is 2.51. The van der Waals surface area contributed by atoms with Crippen LogP contribution in [0.3, 0.4) is 0 Å². The molecule has 0 aromatic heterocycles. The number of aliphatic hydroxyl groups is 1. The van der Waals surface area contributed by atoms with Gasteiger partial charge in [0.25, 0.3) is 5.91 Å². The first kappa shape index (κ1) is 12.4. The highest BCUT2D eigenvalue weighted by atomic mass is 16.6. The van der Waals surface area contributed by atoms with E-state index in [-0.39, 0.29) is 12.5 Å². The van der Waals surface area contributed by atoms with E-state index in [9.17, 15) is 9.90 Å². The molecular formula is C10H19NO4. The van der Waals surface area contributed by atoms with Crippen molar-refractivity contribution < 1.29 is 19.4 Å². The molecule has 0 bridgehead atoms. The molecule has 0 aliphatic carbocycles. The summed E-state index contributed by atoms with van der Waals surface area (Å²) in [6, 6.07) is 0. The summed E-state index contributed by atoms with van der Waals surface area (Å²) >= 11 is 0. The SMILES string of the molecule is CCC(C)(O)CNC(=O)C1COCCO1. The number of ether oxygens (including phenoxy) is 2. The fraction of sp³-hybridized carbons (Fsp3) is 0.900. The topological polar surface area (TPSA) is 67.8 Å². The van der Waals surface area contributed by atoms with Gasteiger partial charge >= 0.3 is 0 Å². The van der Waals surface area contributed by atoms with Gasteiger partial charge in [-0.05, 0) is 13.3 Å². The van der Waals surface area contributed by atoms with Crippen LogP contribution in [0.2, 0.25) is 0 Å². The van der Waals surface area contributed by atoms with E-state index in [1.165, 1.54) is 0 Å². The van der Waals surface area contributed by atoms with Gasteiger partial charge in [0, 0.05) is 6.54 Å². The minimum atomic E-state index is -0.856. The van der Waals surface area contributed by atoms with Crippen molar-refractivity contribution in [3.63, 3.8) is 0 Å². The van der Waals surface area contributed by atoms with Gasteiger partial charge in [0.2, 0.25) is 0 Å². The number of nitrogens with one attached hydrogen (secondary N) is 1. The van der Waals surface area contributed by atoms with Crippen molar-refractivity contribution in [2.75, 3.05) is 26.4 Å². The molecule has 1 rings (SSSR count). The van der Waals surface area contributed by atoms with Crippen molar-refractivity contribution in [3.8, 4) is 0 Å². The zero-order chi connectivity index (χ0) is 11.3. The summed E-state index contributed by atoms with van der Waals surface area (Å²) in [4.78, 5) is 11.5. The highest BCUT2D eigenvalue weighted by molar-refractivity contribution is 5.81. The van der Waals surface area contributed by atoms with Crippen LogP contribution in [-0.4, -0.2) is 49.1 Å². The monoisotopic (exact) mass is 217 g/mol. The molecule has 1 aliphatic heterocycles. The minimum absolute atomic E-state index is 0.219. The highest BCUT2D eigenvalue weighted by Gasteiger charge is 2.25. The number of hydrogen-bond acceptors (Lipinski definition) is 4. The lowest BCUT2D eigenvalue weighted by atomic mass is 10.0. The normalized spacial score (nSPS) is 25.7. The van der Waals surface area contributed by atoms with Crippen LogP contribution < -0.4 is 5.32 Å². The molecule has 0 spiro atoms. The van der Waals surface area contributed by atoms with Crippen molar-refractivity contribution in [2.45, 2.75) is 32.0 Å². The summed E-state index contributed by atoms with van der Waals surface area (Å²) in [5.74, 6) is -0.219. The molecule has 1 amide bonds. The van der Waals surface area contributed by atoms with Crippen LogP contribution in [-0.2, 0) is 14.3 Å². The second kappa shape index (κ2) is 5.44. The van der Waals surface area contributed by atoms with Crippen LogP contribution in [0.5, 0.6) is 0 Å². The number of carbonyl (C=O) groups excluding carboxylic acids is 1. The summed E-state index contributed by atoms with van der Waals surface area (Å²) in [5, 5.41) is 12.3. The Morgan fingerprint density at radius 2 is 2.33 bits per heavy atom. The average molecular weight is 217 g/mol. The Kier molecular flexibility index (Phi) is 4.50. The molecule has 5 heteroatoms. The predicted molar refractivity (Wildman–Crippen MR) is 54.5 cm³/mol. The van der Waals surface area contributed by atoms with Crippen LogP contribution in [0.1, 0.15) is 20.3 Å². The van der Waals surface area contributed by atoms with Gasteiger partial charge in [-0.25, -0.2) is 0 Å². The number of carbonyl (C=O) groups is 1. The smallest absolute Gasteiger partial charge is 0.251 e. The van der Waals surface area contributed by atoms with Gasteiger partial charge in [0.15, 0.2) is 6.10 Å². The molecule has 0 aromatic carbocycles. The Bertz CT molecular complexity index is 211. The zero-order valence-electron chi connectivity index (χ0n) is 9.28. The van der Waals surface area contributed by atoms with Crippen LogP contribution in [0.15, 0.2) is 0 Å². The lowest BCUT2D eigenvalue weighted by Gasteiger charge is -2.25. The van der Waals surface area contributed by atoms with Gasteiger partial charge in [0.1, 0.15) is 0 Å². The van der Waals surface area contributed by atoms with Crippen molar-refractivity contribution in [1.82, 2.24) is 5.32 Å². The molecule has 2 N–H and O–H groups in total. The summed E-state index contributed by atoms with van der Waals surface area (Å²) < 4.78 is 10.3. The molecule has 0 saturated carbocycles. The third kappa shape index (κ3) is 4.15. The van der Waals surface area contributed by atoms with Gasteiger partial charge < -0.3 is 19.9 Å². The second-order valence-corrected chi connectivity index (χ2v) is 4.00. The van der Waals surface area contributed by atoms with E-state index in [1.807, 2.05) is 6.92 Å². The quantitative estimate of drug-likeness (QED) is 0.677. The van der Waals surface area contributed by atoms with Gasteiger partial charge in [-0.3, -0.25) is 4.79 Å². The molecule has 0 radical (unpaired) electrons. The Morgan fingerprint density at radius 3 is 2.87 bits per heavy atom. The van der Waals surface area contributed by atoms with E-state index in [2.05, 4.69) is 5.32 Å². The maximum atomic E-state index is 11.5. The first-order valence-electron chi connectivity index (χ1n) is 5.24. The highest BCUT2D eigenvalue weighted by Crippen LogP contribution is 2.07. The molecule has 1 fully saturated rings. The van der Waals surface area contributed by atoms with Crippen molar-refractivity contribution in [1.29, 1.82) is 0 Å². The van der Waals surface area contributed by atoms with Crippen molar-refractivity contribution in [3.05, 3.63) is 0 Å². The van der Waals surface area contributed by atoms with Crippen molar-refractivity contribution >= 4 is 5.91 Å². The molecule has 88 valence electrons. The molecule has 1 saturated heterocycles. The number of hydrogen-bond donors (Lipinski definition) is 2. The first-order valence-corrected chi connectivity index (χ1v) is 5.24. The van der Waals surface area contributed by atoms with E-state index in [0.717, 1.165) is 0 Å². The molecule has 1 heterocycles. The average Bonchev–Trinajstić information content (AvgIpc) is 2.27. The molecule has 2 atom stereocenters. The van der Waals surface area contributed by atoms with Crippen LogP contribution >= 0.6 is 0 Å². The Balaban J connectivity index is 2.28. The van der Waals surface area contributed by atoms with E-state index in [0.29, 0.717) is 26.2 Å². The summed E-state index contributed by atoms with van der Waals surface area (Å²) in [6.07, 6.45) is 0.0568. The van der Waals surface area contributed by atoms with Gasteiger partial charge in [-0.1, -0.05) is 6.92 Å². The zero-order valence-corrected chi connectivity index (χ0v) is 9.28. The molecule has 1 aliphatic rings. The van der Waals surface area contributed by atoms with E-state index in [4.69, 9.17) is 9.47 Å². The van der Waals surface area contributed by atoms with Crippen LogP contribution in [0.4, 0.5) is 0 Å². The largest absolute Gasteiger partial charge is 0.388 e. The summed E-state index contributed by atoms with van der Waals surface area (Å²) in [6.45, 7) is 5.07. The Hall–Kier alpha value is -0.650. The summed E-state index contributed by atoms with van der Waals surface area (Å²) in [7, 11) is 0. The maximum absolute atomic E-state index is 11.5. The third-order valence-electron chi connectivity index (χ3n) is 2.51. The van der Waals surface area contributed by atoms with Gasteiger partial charge in [-0.2, -0.15) is 0 Å².